The molecule has 0 N–H and O–H groups in total. The van der Waals surface area contributed by atoms with Crippen molar-refractivity contribution in [1.82, 2.24) is 0 Å². The molecule has 0 saturated heterocycles. The maximum absolute atomic E-state index is 11.8. The molecule has 0 amide bonds. The Morgan fingerprint density at radius 1 is 1.05 bits per heavy atom. The fourth-order valence-electron chi connectivity index (χ4n) is 1.79. The number of cyclic esters (lactones) is 1. The highest BCUT2D eigenvalue weighted by Gasteiger charge is 2.22. The fourth-order valence-corrected chi connectivity index (χ4v) is 2.11. The zero-order chi connectivity index (χ0) is 13.2. The van der Waals surface area contributed by atoms with Crippen LogP contribution >= 0.6 is 15.9 Å². The Kier molecular flexibility index (Phi) is 3.09. The van der Waals surface area contributed by atoms with Crippen LogP contribution in [0.5, 0.6) is 0 Å². The average molecular weight is 317 g/mol. The topological polar surface area (TPSA) is 39.4 Å². The van der Waals surface area contributed by atoms with Gasteiger partial charge in [-0.15, -0.1) is 0 Å². The van der Waals surface area contributed by atoms with Gasteiger partial charge in [-0.05, 0) is 40.2 Å². The van der Waals surface area contributed by atoms with Gasteiger partial charge in [-0.2, -0.15) is 0 Å². The van der Waals surface area contributed by atoms with Crippen molar-refractivity contribution in [3.05, 3.63) is 70.1 Å². The molecule has 0 bridgehead atoms. The number of hydrogen-bond donors (Lipinski definition) is 0. The molecule has 0 fully saturated rings. The van der Waals surface area contributed by atoms with E-state index < -0.39 is 0 Å². The summed E-state index contributed by atoms with van der Waals surface area (Å²) in [5, 5.41) is 0. The first kappa shape index (κ1) is 12.0. The molecule has 94 valence electrons. The van der Waals surface area contributed by atoms with E-state index in [-0.39, 0.29) is 5.97 Å². The van der Waals surface area contributed by atoms with Gasteiger partial charge in [0, 0.05) is 5.56 Å². The maximum Gasteiger partial charge on any atom is 0.343 e. The van der Waals surface area contributed by atoms with Gasteiger partial charge in [-0.3, -0.25) is 0 Å². The van der Waals surface area contributed by atoms with E-state index in [2.05, 4.69) is 15.9 Å². The highest BCUT2D eigenvalue weighted by molar-refractivity contribution is 9.10. The first-order chi connectivity index (χ1) is 9.22. The number of halogens is 1. The first-order valence-corrected chi connectivity index (χ1v) is 6.48. The maximum atomic E-state index is 11.8. The number of esters is 1. The van der Waals surface area contributed by atoms with E-state index in [1.165, 1.54) is 0 Å². The molecule has 0 saturated carbocycles. The lowest BCUT2D eigenvalue weighted by molar-refractivity contribution is -0.130. The van der Waals surface area contributed by atoms with Crippen molar-refractivity contribution in [1.29, 1.82) is 0 Å². The lowest BCUT2D eigenvalue weighted by atomic mass is 10.1. The number of furan rings is 1. The second-order valence-corrected chi connectivity index (χ2v) is 4.79. The Labute approximate surface area is 118 Å². The summed E-state index contributed by atoms with van der Waals surface area (Å²) in [7, 11) is 0. The molecular weight excluding hydrogens is 308 g/mol. The zero-order valence-corrected chi connectivity index (χ0v) is 11.4. The summed E-state index contributed by atoms with van der Waals surface area (Å²) < 4.78 is 11.2. The Bertz CT molecular complexity index is 680. The first-order valence-electron chi connectivity index (χ1n) is 5.69. The van der Waals surface area contributed by atoms with Crippen LogP contribution in [0.1, 0.15) is 11.3 Å². The molecule has 1 aliphatic rings. The predicted octanol–water partition coefficient (Wildman–Crippen LogP) is 4.02. The van der Waals surface area contributed by atoms with Gasteiger partial charge in [-0.25, -0.2) is 4.79 Å². The summed E-state index contributed by atoms with van der Waals surface area (Å²) in [6, 6.07) is 13.0. The molecule has 3 rings (SSSR count). The summed E-state index contributed by atoms with van der Waals surface area (Å²) in [5.41, 5.74) is 1.35. The Morgan fingerprint density at radius 2 is 1.84 bits per heavy atom. The minimum Gasteiger partial charge on any atom is -0.450 e. The molecule has 19 heavy (non-hydrogen) atoms. The lowest BCUT2D eigenvalue weighted by Gasteiger charge is -1.99. The van der Waals surface area contributed by atoms with Crippen molar-refractivity contribution in [3.8, 4) is 0 Å². The van der Waals surface area contributed by atoms with Gasteiger partial charge in [0.2, 0.25) is 0 Å². The normalized spacial score (nSPS) is 16.6. The molecule has 0 unspecified atom stereocenters. The Balaban J connectivity index is 1.94. The van der Waals surface area contributed by atoms with E-state index in [4.69, 9.17) is 9.15 Å². The van der Waals surface area contributed by atoms with Crippen LogP contribution in [-0.2, 0) is 9.53 Å². The zero-order valence-electron chi connectivity index (χ0n) is 9.80. The monoisotopic (exact) mass is 316 g/mol. The van der Waals surface area contributed by atoms with Gasteiger partial charge in [0.1, 0.15) is 11.5 Å². The van der Waals surface area contributed by atoms with Gasteiger partial charge in [0.05, 0.1) is 5.57 Å². The van der Waals surface area contributed by atoms with E-state index in [1.807, 2.05) is 30.3 Å². The lowest BCUT2D eigenvalue weighted by Crippen LogP contribution is -1.96. The van der Waals surface area contributed by atoms with Crippen molar-refractivity contribution < 1.29 is 13.9 Å². The number of hydrogen-bond acceptors (Lipinski definition) is 3. The van der Waals surface area contributed by atoms with Crippen molar-refractivity contribution in [2.75, 3.05) is 0 Å². The minimum atomic E-state index is -0.369. The molecule has 1 aromatic heterocycles. The van der Waals surface area contributed by atoms with E-state index in [0.29, 0.717) is 21.8 Å². The van der Waals surface area contributed by atoms with Crippen LogP contribution in [0.2, 0.25) is 0 Å². The third-order valence-corrected chi connectivity index (χ3v) is 3.10. The molecule has 0 spiro atoms. The van der Waals surface area contributed by atoms with Crippen LogP contribution in [-0.4, -0.2) is 5.97 Å². The minimum absolute atomic E-state index is 0.369. The Hall–Kier alpha value is -2.07. The molecule has 0 aliphatic carbocycles. The third-order valence-electron chi connectivity index (χ3n) is 2.68. The third kappa shape index (κ3) is 2.53. The van der Waals surface area contributed by atoms with Crippen LogP contribution in [0.15, 0.2) is 63.2 Å². The van der Waals surface area contributed by atoms with Crippen molar-refractivity contribution >= 4 is 33.7 Å². The number of benzene rings is 1. The highest BCUT2D eigenvalue weighted by Crippen LogP contribution is 2.27. The standard InChI is InChI=1S/C15H9BrO3/c16-14-7-6-12(18-14)8-11-9-13(19-15(11)17)10-4-2-1-3-5-10/h1-9H/b11-8+. The molecular formula is C15H9BrO3. The summed E-state index contributed by atoms with van der Waals surface area (Å²) in [6.07, 6.45) is 3.37. The van der Waals surface area contributed by atoms with Gasteiger partial charge in [-0.1, -0.05) is 30.3 Å². The number of ether oxygens (including phenoxy) is 1. The Morgan fingerprint density at radius 3 is 2.53 bits per heavy atom. The van der Waals surface area contributed by atoms with Gasteiger partial charge >= 0.3 is 5.97 Å². The van der Waals surface area contributed by atoms with Crippen LogP contribution in [0.25, 0.3) is 11.8 Å². The quantitative estimate of drug-likeness (QED) is 0.620. The molecule has 3 nitrogen and oxygen atoms in total. The highest BCUT2D eigenvalue weighted by atomic mass is 79.9. The molecule has 4 heteroatoms. The summed E-state index contributed by atoms with van der Waals surface area (Å²) in [6.45, 7) is 0. The molecule has 1 aromatic carbocycles. The van der Waals surface area contributed by atoms with Crippen molar-refractivity contribution in [3.63, 3.8) is 0 Å². The molecule has 2 heterocycles. The molecule has 0 atom stereocenters. The molecule has 2 aromatic rings. The summed E-state index contributed by atoms with van der Waals surface area (Å²) in [4.78, 5) is 11.8. The fraction of sp³-hybridized carbons (Fsp3) is 0. The van der Waals surface area contributed by atoms with Crippen LogP contribution < -0.4 is 0 Å². The van der Waals surface area contributed by atoms with Crippen LogP contribution in [0, 0.1) is 0 Å². The smallest absolute Gasteiger partial charge is 0.343 e. The number of carbonyl (C=O) groups excluding carboxylic acids is 1. The van der Waals surface area contributed by atoms with E-state index >= 15 is 0 Å². The summed E-state index contributed by atoms with van der Waals surface area (Å²) >= 11 is 3.22. The SMILES string of the molecule is O=C1OC(c2ccccc2)=C/C1=C\c1ccc(Br)o1. The average Bonchev–Trinajstić information content (AvgIpc) is 2.98. The summed E-state index contributed by atoms with van der Waals surface area (Å²) in [5.74, 6) is 0.790. The number of rotatable bonds is 2. The second-order valence-electron chi connectivity index (χ2n) is 4.01. The van der Waals surface area contributed by atoms with Crippen LogP contribution in [0.4, 0.5) is 0 Å². The van der Waals surface area contributed by atoms with E-state index in [9.17, 15) is 4.79 Å². The van der Waals surface area contributed by atoms with E-state index in [1.54, 1.807) is 24.3 Å². The van der Waals surface area contributed by atoms with Gasteiger partial charge in [0.25, 0.3) is 0 Å². The van der Waals surface area contributed by atoms with Crippen molar-refractivity contribution in [2.24, 2.45) is 0 Å². The van der Waals surface area contributed by atoms with E-state index in [0.717, 1.165) is 5.56 Å². The van der Waals surface area contributed by atoms with Crippen molar-refractivity contribution in [2.45, 2.75) is 0 Å². The predicted molar refractivity (Wildman–Crippen MR) is 74.9 cm³/mol. The molecule has 1 aliphatic heterocycles. The largest absolute Gasteiger partial charge is 0.450 e. The number of carbonyl (C=O) groups is 1. The molecule has 0 radical (unpaired) electrons. The van der Waals surface area contributed by atoms with Gasteiger partial charge in [0.15, 0.2) is 4.67 Å². The van der Waals surface area contributed by atoms with Gasteiger partial charge < -0.3 is 9.15 Å². The second kappa shape index (κ2) is 4.90. The van der Waals surface area contributed by atoms with Crippen LogP contribution in [0.3, 0.4) is 0 Å².